The molecule has 0 radical (unpaired) electrons. The lowest BCUT2D eigenvalue weighted by Gasteiger charge is -2.24. The fourth-order valence-electron chi connectivity index (χ4n) is 4.54. The summed E-state index contributed by atoms with van der Waals surface area (Å²) >= 11 is 1.39. The molecule has 180 valence electrons. The first kappa shape index (κ1) is 23.4. The van der Waals surface area contributed by atoms with Crippen LogP contribution < -0.4 is 10.3 Å². The molecule has 0 N–H and O–H groups in total. The van der Waals surface area contributed by atoms with Gasteiger partial charge >= 0.3 is 0 Å². The predicted octanol–water partition coefficient (Wildman–Crippen LogP) is 6.20. The van der Waals surface area contributed by atoms with E-state index in [4.69, 9.17) is 4.42 Å². The topological polar surface area (TPSA) is 76.3 Å². The smallest absolute Gasteiger partial charge is 0.297 e. The third-order valence-electron chi connectivity index (χ3n) is 6.36. The van der Waals surface area contributed by atoms with Crippen LogP contribution in [0.2, 0.25) is 0 Å². The van der Waals surface area contributed by atoms with E-state index in [-0.39, 0.29) is 22.5 Å². The largest absolute Gasteiger partial charge is 0.450 e. The molecule has 6 nitrogen and oxygen atoms in total. The molecule has 1 atom stereocenters. The first-order chi connectivity index (χ1) is 16.5. The van der Waals surface area contributed by atoms with Crippen LogP contribution in [0.3, 0.4) is 0 Å². The fourth-order valence-corrected chi connectivity index (χ4v) is 5.62. The van der Waals surface area contributed by atoms with E-state index in [2.05, 4.69) is 56.9 Å². The highest BCUT2D eigenvalue weighted by Crippen LogP contribution is 2.42. The second-order valence-electron chi connectivity index (χ2n) is 10.7. The van der Waals surface area contributed by atoms with Crippen LogP contribution in [0.4, 0.5) is 5.13 Å². The molecule has 35 heavy (non-hydrogen) atoms. The first-order valence-electron chi connectivity index (χ1n) is 11.9. The van der Waals surface area contributed by atoms with Crippen LogP contribution in [0.15, 0.2) is 51.7 Å². The molecule has 3 heterocycles. The zero-order chi connectivity index (χ0) is 25.1. The molecule has 7 heteroatoms. The van der Waals surface area contributed by atoms with E-state index in [0.29, 0.717) is 27.6 Å². The summed E-state index contributed by atoms with van der Waals surface area (Å²) in [5.41, 5.74) is 3.54. The van der Waals surface area contributed by atoms with Crippen molar-refractivity contribution in [1.29, 1.82) is 0 Å². The molecule has 0 bridgehead atoms. The summed E-state index contributed by atoms with van der Waals surface area (Å²) in [5.74, 6) is 0.133. The molecule has 1 amide bonds. The zero-order valence-electron chi connectivity index (χ0n) is 20.9. The Labute approximate surface area is 208 Å². The molecule has 0 aliphatic carbocycles. The van der Waals surface area contributed by atoms with E-state index in [1.54, 1.807) is 11.0 Å². The summed E-state index contributed by atoms with van der Waals surface area (Å²) in [7, 11) is 0. The molecule has 0 saturated carbocycles. The second-order valence-corrected chi connectivity index (χ2v) is 11.7. The minimum Gasteiger partial charge on any atom is -0.450 e. The number of carbonyl (C=O) groups excluding carboxylic acids is 1. The van der Waals surface area contributed by atoms with Crippen molar-refractivity contribution in [1.82, 2.24) is 10.2 Å². The van der Waals surface area contributed by atoms with Gasteiger partial charge in [-0.1, -0.05) is 81.9 Å². The van der Waals surface area contributed by atoms with Gasteiger partial charge in [-0.05, 0) is 41.5 Å². The lowest BCUT2D eigenvalue weighted by molar-refractivity contribution is 0.0970. The van der Waals surface area contributed by atoms with Crippen molar-refractivity contribution in [2.75, 3.05) is 4.90 Å². The number of fused-ring (bicyclic) bond motifs is 2. The quantitative estimate of drug-likeness (QED) is 0.343. The van der Waals surface area contributed by atoms with Crippen LogP contribution in [0.5, 0.6) is 0 Å². The predicted molar refractivity (Wildman–Crippen MR) is 139 cm³/mol. The van der Waals surface area contributed by atoms with Crippen molar-refractivity contribution in [2.24, 2.45) is 5.92 Å². The molecular weight excluding hydrogens is 458 g/mol. The minimum absolute atomic E-state index is 0.0145. The van der Waals surface area contributed by atoms with Crippen molar-refractivity contribution in [3.63, 3.8) is 0 Å². The van der Waals surface area contributed by atoms with Gasteiger partial charge in [-0.2, -0.15) is 0 Å². The van der Waals surface area contributed by atoms with Gasteiger partial charge in [0.15, 0.2) is 5.43 Å². The Hall–Kier alpha value is -3.32. The number of hydrogen-bond donors (Lipinski definition) is 0. The summed E-state index contributed by atoms with van der Waals surface area (Å²) in [6.45, 7) is 12.6. The maximum atomic E-state index is 13.8. The Morgan fingerprint density at radius 3 is 2.43 bits per heavy atom. The Bertz CT molecular complexity index is 1490. The Balaban J connectivity index is 1.72. The van der Waals surface area contributed by atoms with Crippen LogP contribution in [0, 0.1) is 12.8 Å². The zero-order valence-corrected chi connectivity index (χ0v) is 21.7. The van der Waals surface area contributed by atoms with Crippen molar-refractivity contribution in [2.45, 2.75) is 59.4 Å². The monoisotopic (exact) mass is 487 g/mol. The molecule has 1 unspecified atom stereocenters. The molecule has 0 saturated heterocycles. The highest BCUT2D eigenvalue weighted by atomic mass is 32.1. The summed E-state index contributed by atoms with van der Waals surface area (Å²) in [6, 6.07) is 12.9. The Morgan fingerprint density at radius 2 is 1.77 bits per heavy atom. The SMILES string of the molecule is Cc1ccc2oc3c(c(=O)c2c1)C(c1ccc(C(C)(C)C)cc1)N(c1nnc(CC(C)C)s1)C3=O. The molecule has 1 aliphatic rings. The van der Waals surface area contributed by atoms with Gasteiger partial charge < -0.3 is 4.42 Å². The van der Waals surface area contributed by atoms with Crippen LogP contribution >= 0.6 is 11.3 Å². The van der Waals surface area contributed by atoms with Gasteiger partial charge in [-0.15, -0.1) is 10.2 Å². The van der Waals surface area contributed by atoms with Gasteiger partial charge in [-0.3, -0.25) is 14.5 Å². The van der Waals surface area contributed by atoms with Crippen LogP contribution in [-0.2, 0) is 11.8 Å². The van der Waals surface area contributed by atoms with E-state index in [0.717, 1.165) is 22.6 Å². The highest BCUT2D eigenvalue weighted by molar-refractivity contribution is 7.15. The normalized spacial score (nSPS) is 15.9. The van der Waals surface area contributed by atoms with Crippen molar-refractivity contribution in [3.05, 3.63) is 85.7 Å². The number of carbonyl (C=O) groups is 1. The van der Waals surface area contributed by atoms with E-state index in [1.165, 1.54) is 16.9 Å². The van der Waals surface area contributed by atoms with Gasteiger partial charge in [0.05, 0.1) is 17.0 Å². The number of anilines is 1. The standard InChI is InChI=1S/C28H29N3O3S/c1-15(2)13-21-29-30-27(35-21)31-23(17-8-10-18(11-9-17)28(4,5)6)22-24(32)19-14-16(3)7-12-20(19)34-25(22)26(31)33/h7-12,14-15,23H,13H2,1-6H3. The molecule has 4 aromatic rings. The van der Waals surface area contributed by atoms with Crippen LogP contribution in [0.25, 0.3) is 11.0 Å². The highest BCUT2D eigenvalue weighted by Gasteiger charge is 2.45. The van der Waals surface area contributed by atoms with Crippen LogP contribution in [0.1, 0.15) is 78.5 Å². The van der Waals surface area contributed by atoms with Crippen molar-refractivity contribution in [3.8, 4) is 0 Å². The first-order valence-corrected chi connectivity index (χ1v) is 12.7. The third kappa shape index (κ3) is 4.08. The Kier molecular flexibility index (Phi) is 5.63. The fraction of sp³-hybridized carbons (Fsp3) is 0.357. The summed E-state index contributed by atoms with van der Waals surface area (Å²) in [4.78, 5) is 29.1. The number of amides is 1. The molecule has 2 aromatic heterocycles. The molecule has 0 spiro atoms. The van der Waals surface area contributed by atoms with Crippen LogP contribution in [-0.4, -0.2) is 16.1 Å². The van der Waals surface area contributed by atoms with Gasteiger partial charge in [0.25, 0.3) is 5.91 Å². The second kappa shape index (κ2) is 8.41. The molecule has 5 rings (SSSR count). The van der Waals surface area contributed by atoms with E-state index < -0.39 is 6.04 Å². The van der Waals surface area contributed by atoms with Gasteiger partial charge in [0.1, 0.15) is 10.6 Å². The molecule has 1 aliphatic heterocycles. The Morgan fingerprint density at radius 1 is 1.06 bits per heavy atom. The number of benzene rings is 2. The molecular formula is C28H29N3O3S. The van der Waals surface area contributed by atoms with E-state index >= 15 is 0 Å². The lowest BCUT2D eigenvalue weighted by atomic mass is 9.86. The van der Waals surface area contributed by atoms with Crippen molar-refractivity contribution < 1.29 is 9.21 Å². The number of aromatic nitrogens is 2. The average molecular weight is 488 g/mol. The molecule has 2 aromatic carbocycles. The average Bonchev–Trinajstić information content (AvgIpc) is 3.35. The summed E-state index contributed by atoms with van der Waals surface area (Å²) < 4.78 is 6.07. The third-order valence-corrected chi connectivity index (χ3v) is 7.31. The van der Waals surface area contributed by atoms with E-state index in [9.17, 15) is 9.59 Å². The number of aryl methyl sites for hydroxylation is 1. The number of hydrogen-bond acceptors (Lipinski definition) is 6. The summed E-state index contributed by atoms with van der Waals surface area (Å²) in [6.07, 6.45) is 0.776. The van der Waals surface area contributed by atoms with E-state index in [1.807, 2.05) is 31.2 Å². The minimum atomic E-state index is -0.632. The molecule has 0 fully saturated rings. The van der Waals surface area contributed by atoms with Gasteiger partial charge in [0.2, 0.25) is 10.9 Å². The summed E-state index contributed by atoms with van der Waals surface area (Å²) in [5, 5.41) is 10.5. The number of nitrogens with zero attached hydrogens (tertiary/aromatic N) is 3. The number of rotatable bonds is 4. The maximum absolute atomic E-state index is 13.8. The van der Waals surface area contributed by atoms with Crippen molar-refractivity contribution >= 4 is 33.3 Å². The lowest BCUT2D eigenvalue weighted by Crippen LogP contribution is -2.29. The van der Waals surface area contributed by atoms with Gasteiger partial charge in [0, 0.05) is 6.42 Å². The maximum Gasteiger partial charge on any atom is 0.297 e. The van der Waals surface area contributed by atoms with Gasteiger partial charge in [-0.25, -0.2) is 0 Å².